The van der Waals surface area contributed by atoms with Crippen molar-refractivity contribution in [2.75, 3.05) is 19.7 Å². The Balaban J connectivity index is 1.38. The van der Waals surface area contributed by atoms with Gasteiger partial charge in [-0.1, -0.05) is 48.5 Å². The van der Waals surface area contributed by atoms with Crippen LogP contribution in [0, 0.1) is 5.41 Å². The Morgan fingerprint density at radius 2 is 1.65 bits per heavy atom. The van der Waals surface area contributed by atoms with E-state index in [2.05, 4.69) is 29.6 Å². The molecule has 2 aliphatic rings. The zero-order chi connectivity index (χ0) is 24.5. The van der Waals surface area contributed by atoms with Crippen LogP contribution in [0.25, 0.3) is 11.1 Å². The van der Waals surface area contributed by atoms with Crippen LogP contribution in [0.15, 0.2) is 48.5 Å². The van der Waals surface area contributed by atoms with Crippen molar-refractivity contribution in [3.8, 4) is 11.1 Å². The number of piperidine rings is 1. The monoisotopic (exact) mass is 464 g/mol. The summed E-state index contributed by atoms with van der Waals surface area (Å²) in [5, 5.41) is 12.4. The number of carboxylic acids is 1. The third-order valence-corrected chi connectivity index (χ3v) is 7.19. The molecule has 0 bridgehead atoms. The number of hydrogen-bond acceptors (Lipinski definition) is 4. The summed E-state index contributed by atoms with van der Waals surface area (Å²) in [6.07, 6.45) is 1.36. The maximum atomic E-state index is 13.3. The van der Waals surface area contributed by atoms with E-state index in [9.17, 15) is 19.5 Å². The molecule has 1 fully saturated rings. The van der Waals surface area contributed by atoms with E-state index in [1.165, 1.54) is 4.90 Å². The van der Waals surface area contributed by atoms with Crippen molar-refractivity contribution < 1.29 is 24.2 Å². The second-order valence-electron chi connectivity index (χ2n) is 10.1. The molecule has 1 unspecified atom stereocenters. The Labute approximate surface area is 200 Å². The van der Waals surface area contributed by atoms with Crippen LogP contribution in [-0.4, -0.2) is 53.2 Å². The largest absolute Gasteiger partial charge is 0.480 e. The molecule has 1 aliphatic carbocycles. The third-order valence-electron chi connectivity index (χ3n) is 7.19. The molecule has 180 valence electrons. The first kappa shape index (κ1) is 23.8. The van der Waals surface area contributed by atoms with Gasteiger partial charge in [-0.25, -0.2) is 9.59 Å². The van der Waals surface area contributed by atoms with Crippen LogP contribution >= 0.6 is 0 Å². The average molecular weight is 465 g/mol. The fourth-order valence-corrected chi connectivity index (χ4v) is 5.05. The minimum absolute atomic E-state index is 0.0441. The molecule has 7 nitrogen and oxygen atoms in total. The van der Waals surface area contributed by atoms with Gasteiger partial charge in [0.1, 0.15) is 12.1 Å². The highest BCUT2D eigenvalue weighted by molar-refractivity contribution is 5.90. The SMILES string of the molecule is CC(C)(CNC(=O)OCC1c2ccccc2-c2ccccc21)C(=O)N1CCCCC1(C)C(=O)O. The van der Waals surface area contributed by atoms with E-state index in [-0.39, 0.29) is 25.0 Å². The van der Waals surface area contributed by atoms with Gasteiger partial charge in [0.05, 0.1) is 5.41 Å². The first-order valence-corrected chi connectivity index (χ1v) is 11.8. The summed E-state index contributed by atoms with van der Waals surface area (Å²) in [5.74, 6) is -1.32. The van der Waals surface area contributed by atoms with E-state index in [0.29, 0.717) is 13.0 Å². The van der Waals surface area contributed by atoms with E-state index >= 15 is 0 Å². The molecule has 1 atom stereocenters. The van der Waals surface area contributed by atoms with Gasteiger partial charge in [-0.05, 0) is 62.3 Å². The molecule has 7 heteroatoms. The Kier molecular flexibility index (Phi) is 6.39. The van der Waals surface area contributed by atoms with Crippen LogP contribution in [-0.2, 0) is 14.3 Å². The number of carbonyl (C=O) groups is 3. The molecule has 2 N–H and O–H groups in total. The van der Waals surface area contributed by atoms with E-state index in [0.717, 1.165) is 35.1 Å². The molecule has 0 aromatic heterocycles. The number of amides is 2. The van der Waals surface area contributed by atoms with Crippen LogP contribution in [0.1, 0.15) is 57.1 Å². The number of carbonyl (C=O) groups excluding carboxylic acids is 2. The van der Waals surface area contributed by atoms with Crippen molar-refractivity contribution in [2.45, 2.75) is 51.5 Å². The van der Waals surface area contributed by atoms with Crippen molar-refractivity contribution in [2.24, 2.45) is 5.41 Å². The smallest absolute Gasteiger partial charge is 0.407 e. The van der Waals surface area contributed by atoms with Gasteiger partial charge in [-0.3, -0.25) is 4.79 Å². The number of carboxylic acid groups (broad SMARTS) is 1. The molecule has 0 radical (unpaired) electrons. The van der Waals surface area contributed by atoms with Gasteiger partial charge in [0.2, 0.25) is 5.91 Å². The first-order valence-electron chi connectivity index (χ1n) is 11.8. The molecule has 1 heterocycles. The van der Waals surface area contributed by atoms with Gasteiger partial charge in [0.15, 0.2) is 0 Å². The zero-order valence-electron chi connectivity index (χ0n) is 20.0. The highest BCUT2D eigenvalue weighted by atomic mass is 16.5. The summed E-state index contributed by atoms with van der Waals surface area (Å²) in [7, 11) is 0. The molecular formula is C27H32N2O5. The Bertz CT molecular complexity index is 1070. The number of rotatable bonds is 6. The molecule has 0 spiro atoms. The molecule has 34 heavy (non-hydrogen) atoms. The van der Waals surface area contributed by atoms with Crippen molar-refractivity contribution in [3.05, 3.63) is 59.7 Å². The van der Waals surface area contributed by atoms with E-state index < -0.39 is 23.0 Å². The normalized spacial score (nSPS) is 19.8. The van der Waals surface area contributed by atoms with Crippen LogP contribution in [0.5, 0.6) is 0 Å². The molecular weight excluding hydrogens is 432 g/mol. The molecule has 4 rings (SSSR count). The van der Waals surface area contributed by atoms with E-state index in [4.69, 9.17) is 4.74 Å². The maximum Gasteiger partial charge on any atom is 0.407 e. The minimum Gasteiger partial charge on any atom is -0.480 e. The second-order valence-corrected chi connectivity index (χ2v) is 10.1. The predicted octanol–water partition coefficient (Wildman–Crippen LogP) is 4.41. The zero-order valence-corrected chi connectivity index (χ0v) is 20.0. The van der Waals surface area contributed by atoms with Crippen molar-refractivity contribution in [1.82, 2.24) is 10.2 Å². The Morgan fingerprint density at radius 1 is 1.06 bits per heavy atom. The van der Waals surface area contributed by atoms with Crippen molar-refractivity contribution in [1.29, 1.82) is 0 Å². The van der Waals surface area contributed by atoms with E-state index in [1.807, 2.05) is 24.3 Å². The third kappa shape index (κ3) is 4.27. The molecule has 2 amide bonds. The number of nitrogens with one attached hydrogen (secondary N) is 1. The number of nitrogens with zero attached hydrogens (tertiary/aromatic N) is 1. The standard InChI is InChI=1S/C27H32N2O5/c1-26(2,23(30)29-15-9-8-14-27(29,3)24(31)32)17-28-25(33)34-16-22-20-12-6-4-10-18(20)19-11-5-7-13-21(19)22/h4-7,10-13,22H,8-9,14-17H2,1-3H3,(H,28,33)(H,31,32). The van der Waals surface area contributed by atoms with Crippen molar-refractivity contribution in [3.63, 3.8) is 0 Å². The molecule has 1 saturated heterocycles. The maximum absolute atomic E-state index is 13.3. The number of ether oxygens (including phenoxy) is 1. The quantitative estimate of drug-likeness (QED) is 0.660. The topological polar surface area (TPSA) is 95.9 Å². The summed E-state index contributed by atoms with van der Waals surface area (Å²) in [6.45, 7) is 5.68. The fraction of sp³-hybridized carbons (Fsp3) is 0.444. The van der Waals surface area contributed by atoms with Crippen LogP contribution in [0.3, 0.4) is 0 Å². The summed E-state index contributed by atoms with van der Waals surface area (Å²) in [5.41, 5.74) is 2.37. The summed E-state index contributed by atoms with van der Waals surface area (Å²) >= 11 is 0. The minimum atomic E-state index is -1.23. The van der Waals surface area contributed by atoms with Gasteiger partial charge >= 0.3 is 12.1 Å². The number of aliphatic carboxylic acids is 1. The number of fused-ring (bicyclic) bond motifs is 3. The average Bonchev–Trinajstić information content (AvgIpc) is 3.15. The lowest BCUT2D eigenvalue weighted by molar-refractivity contribution is -0.165. The fourth-order valence-electron chi connectivity index (χ4n) is 5.05. The predicted molar refractivity (Wildman–Crippen MR) is 128 cm³/mol. The van der Waals surface area contributed by atoms with Crippen LogP contribution in [0.4, 0.5) is 4.79 Å². The highest BCUT2D eigenvalue weighted by Gasteiger charge is 2.47. The lowest BCUT2D eigenvalue weighted by atomic mass is 9.83. The molecule has 2 aromatic rings. The van der Waals surface area contributed by atoms with Gasteiger partial charge in [0.25, 0.3) is 0 Å². The molecule has 2 aromatic carbocycles. The van der Waals surface area contributed by atoms with Gasteiger partial charge < -0.3 is 20.1 Å². The summed E-state index contributed by atoms with van der Waals surface area (Å²) in [6, 6.07) is 16.2. The first-order chi connectivity index (χ1) is 16.1. The van der Waals surface area contributed by atoms with Gasteiger partial charge in [0, 0.05) is 19.0 Å². The van der Waals surface area contributed by atoms with Crippen LogP contribution in [0.2, 0.25) is 0 Å². The number of likely N-dealkylation sites (tertiary alicyclic amines) is 1. The number of alkyl carbamates (subject to hydrolysis) is 1. The molecule has 0 saturated carbocycles. The van der Waals surface area contributed by atoms with E-state index in [1.54, 1.807) is 20.8 Å². The number of benzene rings is 2. The van der Waals surface area contributed by atoms with Crippen molar-refractivity contribution >= 4 is 18.0 Å². The lowest BCUT2D eigenvalue weighted by Gasteiger charge is -2.44. The highest BCUT2D eigenvalue weighted by Crippen LogP contribution is 2.44. The summed E-state index contributed by atoms with van der Waals surface area (Å²) < 4.78 is 5.57. The summed E-state index contributed by atoms with van der Waals surface area (Å²) in [4.78, 5) is 39.2. The lowest BCUT2D eigenvalue weighted by Crippen LogP contribution is -2.61. The Hall–Kier alpha value is -3.35. The second kappa shape index (κ2) is 9.12. The Morgan fingerprint density at radius 3 is 2.24 bits per heavy atom. The van der Waals surface area contributed by atoms with Gasteiger partial charge in [-0.15, -0.1) is 0 Å². The van der Waals surface area contributed by atoms with Crippen LogP contribution < -0.4 is 5.32 Å². The number of hydrogen-bond donors (Lipinski definition) is 2. The van der Waals surface area contributed by atoms with Gasteiger partial charge in [-0.2, -0.15) is 0 Å². The molecule has 1 aliphatic heterocycles.